The number of thiophene rings is 1. The van der Waals surface area contributed by atoms with Gasteiger partial charge in [0.15, 0.2) is 0 Å². The van der Waals surface area contributed by atoms with Gasteiger partial charge < -0.3 is 4.74 Å². The van der Waals surface area contributed by atoms with Gasteiger partial charge >= 0.3 is 0 Å². The maximum Gasteiger partial charge on any atom is 0.126 e. The van der Waals surface area contributed by atoms with Gasteiger partial charge in [-0.1, -0.05) is 43.1 Å². The van der Waals surface area contributed by atoms with E-state index >= 15 is 0 Å². The number of fused-ring (bicyclic) bond motifs is 5. The van der Waals surface area contributed by atoms with Crippen molar-refractivity contribution in [1.82, 2.24) is 15.0 Å². The fourth-order valence-corrected chi connectivity index (χ4v) is 6.68. The Balaban J connectivity index is 1.63. The van der Waals surface area contributed by atoms with Gasteiger partial charge in [0.05, 0.1) is 38.2 Å². The summed E-state index contributed by atoms with van der Waals surface area (Å²) in [7, 11) is 0. The SMILES string of the molecule is CC(C)c1nc2sc3c(SCc4ccc(Cl)c(Cl)c4)ncnc3c2c2c1COC(C)(C)C2. The van der Waals surface area contributed by atoms with Crippen LogP contribution in [0.5, 0.6) is 0 Å². The Hall–Kier alpha value is -1.44. The molecule has 0 unspecified atom stereocenters. The summed E-state index contributed by atoms with van der Waals surface area (Å²) in [4.78, 5) is 15.4. The lowest BCUT2D eigenvalue weighted by molar-refractivity contribution is -0.0402. The van der Waals surface area contributed by atoms with Crippen molar-refractivity contribution in [1.29, 1.82) is 0 Å². The fraction of sp³-hybridized carbons (Fsp3) is 0.375. The molecule has 0 amide bonds. The summed E-state index contributed by atoms with van der Waals surface area (Å²) in [5.74, 6) is 1.08. The predicted molar refractivity (Wildman–Crippen MR) is 135 cm³/mol. The van der Waals surface area contributed by atoms with Crippen LogP contribution in [0.25, 0.3) is 20.4 Å². The summed E-state index contributed by atoms with van der Waals surface area (Å²) in [6, 6.07) is 5.75. The quantitative estimate of drug-likeness (QED) is 0.210. The average molecular weight is 505 g/mol. The fourth-order valence-electron chi connectivity index (χ4n) is 4.17. The van der Waals surface area contributed by atoms with Crippen molar-refractivity contribution >= 4 is 66.7 Å². The molecule has 3 aromatic heterocycles. The first-order valence-electron chi connectivity index (χ1n) is 10.5. The van der Waals surface area contributed by atoms with Gasteiger partial charge in [-0.2, -0.15) is 0 Å². The van der Waals surface area contributed by atoms with Gasteiger partial charge in [0.2, 0.25) is 0 Å². The van der Waals surface area contributed by atoms with Crippen molar-refractivity contribution in [3.63, 3.8) is 0 Å². The lowest BCUT2D eigenvalue weighted by atomic mass is 9.87. The zero-order valence-corrected chi connectivity index (χ0v) is 21.5. The Labute approximate surface area is 205 Å². The van der Waals surface area contributed by atoms with E-state index in [1.165, 1.54) is 16.5 Å². The molecule has 0 N–H and O–H groups in total. The van der Waals surface area contributed by atoms with Crippen molar-refractivity contribution in [2.24, 2.45) is 0 Å². The minimum atomic E-state index is -0.206. The van der Waals surface area contributed by atoms with Gasteiger partial charge in [0.1, 0.15) is 16.2 Å². The lowest BCUT2D eigenvalue weighted by Gasteiger charge is -2.33. The van der Waals surface area contributed by atoms with E-state index in [-0.39, 0.29) is 5.60 Å². The van der Waals surface area contributed by atoms with Crippen molar-refractivity contribution in [2.45, 2.75) is 63.0 Å². The van der Waals surface area contributed by atoms with Crippen molar-refractivity contribution in [2.75, 3.05) is 0 Å². The first-order valence-corrected chi connectivity index (χ1v) is 13.1. The van der Waals surface area contributed by atoms with Gasteiger partial charge in [-0.15, -0.1) is 23.1 Å². The smallest absolute Gasteiger partial charge is 0.126 e. The highest BCUT2D eigenvalue weighted by Gasteiger charge is 2.32. The summed E-state index contributed by atoms with van der Waals surface area (Å²) >= 11 is 15.6. The van der Waals surface area contributed by atoms with E-state index in [9.17, 15) is 0 Å². The van der Waals surface area contributed by atoms with Crippen molar-refractivity contribution in [3.8, 4) is 0 Å². The number of aromatic nitrogens is 3. The number of hydrogen-bond acceptors (Lipinski definition) is 6. The van der Waals surface area contributed by atoms with Crippen LogP contribution in [-0.2, 0) is 23.5 Å². The van der Waals surface area contributed by atoms with Crippen LogP contribution in [0, 0.1) is 0 Å². The number of ether oxygens (including phenoxy) is 1. The van der Waals surface area contributed by atoms with E-state index in [0.29, 0.717) is 22.6 Å². The van der Waals surface area contributed by atoms with E-state index in [2.05, 4.69) is 32.7 Å². The maximum absolute atomic E-state index is 6.19. The summed E-state index contributed by atoms with van der Waals surface area (Å²) in [6.45, 7) is 9.29. The van der Waals surface area contributed by atoms with E-state index < -0.39 is 0 Å². The van der Waals surface area contributed by atoms with Crippen LogP contribution in [0.1, 0.15) is 56.0 Å². The van der Waals surface area contributed by atoms with Crippen LogP contribution in [0.2, 0.25) is 10.0 Å². The molecule has 0 saturated carbocycles. The Morgan fingerprint density at radius 2 is 1.97 bits per heavy atom. The second kappa shape index (κ2) is 8.41. The molecule has 0 fully saturated rings. The summed E-state index contributed by atoms with van der Waals surface area (Å²) < 4.78 is 7.25. The highest BCUT2D eigenvalue weighted by molar-refractivity contribution is 7.98. The summed E-state index contributed by atoms with van der Waals surface area (Å²) in [6.07, 6.45) is 2.52. The second-order valence-electron chi connectivity index (χ2n) is 9.01. The zero-order chi connectivity index (χ0) is 22.6. The van der Waals surface area contributed by atoms with Gasteiger partial charge in [-0.25, -0.2) is 15.0 Å². The molecule has 5 rings (SSSR count). The van der Waals surface area contributed by atoms with E-state index in [1.54, 1.807) is 29.4 Å². The molecule has 4 heterocycles. The minimum Gasteiger partial charge on any atom is -0.370 e. The van der Waals surface area contributed by atoms with Crippen LogP contribution in [0.4, 0.5) is 0 Å². The van der Waals surface area contributed by atoms with E-state index in [4.69, 9.17) is 37.9 Å². The third-order valence-electron chi connectivity index (χ3n) is 5.73. The van der Waals surface area contributed by atoms with Crippen LogP contribution in [0.15, 0.2) is 29.6 Å². The summed E-state index contributed by atoms with van der Waals surface area (Å²) in [5, 5.41) is 3.27. The molecule has 1 aliphatic rings. The number of nitrogens with zero attached hydrogens (tertiary/aromatic N) is 3. The molecule has 0 atom stereocenters. The third kappa shape index (κ3) is 4.01. The Morgan fingerprint density at radius 3 is 2.72 bits per heavy atom. The average Bonchev–Trinajstić information content (AvgIpc) is 3.12. The second-order valence-corrected chi connectivity index (χ2v) is 11.8. The number of rotatable bonds is 4. The van der Waals surface area contributed by atoms with E-state index in [0.717, 1.165) is 43.5 Å². The van der Waals surface area contributed by atoms with Gasteiger partial charge in [-0.3, -0.25) is 0 Å². The Kier molecular flexibility index (Phi) is 5.87. The molecule has 0 spiro atoms. The standard InChI is InChI=1S/C24H23Cl2N3OS2/c1-12(2)19-15-9-30-24(3,4)8-14(15)18-20-21(32-22(18)29-19)23(28-11-27-20)31-10-13-5-6-16(25)17(26)7-13/h5-7,11-12H,8-10H2,1-4H3. The van der Waals surface area contributed by atoms with Crippen molar-refractivity contribution < 1.29 is 4.74 Å². The normalized spacial score (nSPS) is 15.6. The molecule has 0 bridgehead atoms. The molecule has 0 saturated heterocycles. The topological polar surface area (TPSA) is 47.9 Å². The molecule has 4 aromatic rings. The molecule has 1 aliphatic heterocycles. The third-order valence-corrected chi connectivity index (χ3v) is 8.74. The molecule has 0 aliphatic carbocycles. The van der Waals surface area contributed by atoms with Crippen LogP contribution < -0.4 is 0 Å². The highest BCUT2D eigenvalue weighted by Crippen LogP contribution is 2.44. The Bertz CT molecular complexity index is 1350. The van der Waals surface area contributed by atoms with Crippen LogP contribution in [-0.4, -0.2) is 20.6 Å². The molecular weight excluding hydrogens is 481 g/mol. The molecule has 32 heavy (non-hydrogen) atoms. The molecule has 0 radical (unpaired) electrons. The minimum absolute atomic E-state index is 0.206. The number of pyridine rings is 1. The molecule has 1 aromatic carbocycles. The van der Waals surface area contributed by atoms with Crippen LogP contribution in [0.3, 0.4) is 0 Å². The van der Waals surface area contributed by atoms with E-state index in [1.807, 2.05) is 18.2 Å². The first kappa shape index (κ1) is 22.4. The number of hydrogen-bond donors (Lipinski definition) is 0. The number of thioether (sulfide) groups is 1. The van der Waals surface area contributed by atoms with Crippen LogP contribution >= 0.6 is 46.3 Å². The predicted octanol–water partition coefficient (Wildman–Crippen LogP) is 7.81. The van der Waals surface area contributed by atoms with Gasteiger partial charge in [-0.05, 0) is 43.0 Å². The molecule has 8 heteroatoms. The Morgan fingerprint density at radius 1 is 1.16 bits per heavy atom. The van der Waals surface area contributed by atoms with Gasteiger partial charge in [0.25, 0.3) is 0 Å². The maximum atomic E-state index is 6.19. The van der Waals surface area contributed by atoms with Crippen molar-refractivity contribution in [3.05, 3.63) is 57.0 Å². The zero-order valence-electron chi connectivity index (χ0n) is 18.3. The number of benzene rings is 1. The lowest BCUT2D eigenvalue weighted by Crippen LogP contribution is -2.32. The highest BCUT2D eigenvalue weighted by atomic mass is 35.5. The summed E-state index contributed by atoms with van der Waals surface area (Å²) in [5.41, 5.74) is 5.59. The molecular formula is C24H23Cl2N3OS2. The monoisotopic (exact) mass is 503 g/mol. The first-order chi connectivity index (χ1) is 15.2. The largest absolute Gasteiger partial charge is 0.370 e. The van der Waals surface area contributed by atoms with Gasteiger partial charge in [0, 0.05) is 23.1 Å². The number of halogens is 2. The molecule has 166 valence electrons. The molecule has 4 nitrogen and oxygen atoms in total.